The minimum atomic E-state index is -0.0206. The van der Waals surface area contributed by atoms with Crippen molar-refractivity contribution >= 4 is 21.6 Å². The number of nitrogens with two attached hydrogens (primary N) is 1. The lowest BCUT2D eigenvalue weighted by Crippen LogP contribution is -2.03. The summed E-state index contributed by atoms with van der Waals surface area (Å²) in [5.74, 6) is 0.842. The summed E-state index contributed by atoms with van der Waals surface area (Å²) in [7, 11) is 0. The van der Waals surface area contributed by atoms with E-state index < -0.39 is 0 Å². The van der Waals surface area contributed by atoms with Crippen molar-refractivity contribution in [1.82, 2.24) is 0 Å². The standard InChI is InChI=1S/C14H14BrNO/c1-10(11-4-2-6-13(16)8-11)17-14-7-3-5-12(15)9-14/h2-10H,16H2,1H3. The van der Waals surface area contributed by atoms with Crippen molar-refractivity contribution in [3.63, 3.8) is 0 Å². The van der Waals surface area contributed by atoms with Crippen LogP contribution in [-0.4, -0.2) is 0 Å². The maximum atomic E-state index is 5.85. The summed E-state index contributed by atoms with van der Waals surface area (Å²) in [6.45, 7) is 2.01. The van der Waals surface area contributed by atoms with E-state index in [9.17, 15) is 0 Å². The van der Waals surface area contributed by atoms with Crippen LogP contribution in [0.5, 0.6) is 5.75 Å². The minimum Gasteiger partial charge on any atom is -0.486 e. The molecule has 2 aromatic carbocycles. The second-order valence-corrected chi connectivity index (χ2v) is 4.80. The molecule has 2 aromatic rings. The molecule has 2 N–H and O–H groups in total. The lowest BCUT2D eigenvalue weighted by atomic mass is 10.1. The molecule has 0 heterocycles. The van der Waals surface area contributed by atoms with Crippen LogP contribution in [0.2, 0.25) is 0 Å². The summed E-state index contributed by atoms with van der Waals surface area (Å²) >= 11 is 3.42. The number of hydrogen-bond donors (Lipinski definition) is 1. The van der Waals surface area contributed by atoms with E-state index in [0.717, 1.165) is 21.5 Å². The van der Waals surface area contributed by atoms with Crippen LogP contribution in [-0.2, 0) is 0 Å². The van der Waals surface area contributed by atoms with Gasteiger partial charge in [-0.05, 0) is 42.8 Å². The molecule has 0 aromatic heterocycles. The zero-order valence-electron chi connectivity index (χ0n) is 9.56. The second-order valence-electron chi connectivity index (χ2n) is 3.89. The number of nitrogen functional groups attached to an aromatic ring is 1. The number of benzene rings is 2. The first kappa shape index (κ1) is 12.0. The predicted octanol–water partition coefficient (Wildman–Crippen LogP) is 4.17. The number of ether oxygens (including phenoxy) is 1. The average Bonchev–Trinajstić information content (AvgIpc) is 2.29. The van der Waals surface area contributed by atoms with Gasteiger partial charge in [0.2, 0.25) is 0 Å². The highest BCUT2D eigenvalue weighted by Gasteiger charge is 2.07. The average molecular weight is 292 g/mol. The van der Waals surface area contributed by atoms with Gasteiger partial charge < -0.3 is 10.5 Å². The van der Waals surface area contributed by atoms with E-state index in [1.54, 1.807) is 0 Å². The maximum absolute atomic E-state index is 5.85. The van der Waals surface area contributed by atoms with Gasteiger partial charge in [0, 0.05) is 10.2 Å². The van der Waals surface area contributed by atoms with Gasteiger partial charge in [0.1, 0.15) is 11.9 Å². The maximum Gasteiger partial charge on any atom is 0.121 e. The third-order valence-electron chi connectivity index (χ3n) is 2.49. The van der Waals surface area contributed by atoms with Crippen LogP contribution in [0, 0.1) is 0 Å². The first-order chi connectivity index (χ1) is 8.15. The summed E-state index contributed by atoms with van der Waals surface area (Å²) in [6.07, 6.45) is -0.0206. The molecule has 1 atom stereocenters. The van der Waals surface area contributed by atoms with Gasteiger partial charge in [0.25, 0.3) is 0 Å². The number of hydrogen-bond acceptors (Lipinski definition) is 2. The Morgan fingerprint density at radius 2 is 1.88 bits per heavy atom. The molecule has 0 aliphatic heterocycles. The van der Waals surface area contributed by atoms with Crippen molar-refractivity contribution in [3.8, 4) is 5.75 Å². The van der Waals surface area contributed by atoms with Crippen LogP contribution in [0.4, 0.5) is 5.69 Å². The normalized spacial score (nSPS) is 12.1. The minimum absolute atomic E-state index is 0.0206. The van der Waals surface area contributed by atoms with Gasteiger partial charge in [-0.3, -0.25) is 0 Å². The van der Waals surface area contributed by atoms with E-state index in [2.05, 4.69) is 15.9 Å². The van der Waals surface area contributed by atoms with Gasteiger partial charge in [0.05, 0.1) is 0 Å². The van der Waals surface area contributed by atoms with Crippen molar-refractivity contribution in [2.75, 3.05) is 5.73 Å². The van der Waals surface area contributed by atoms with E-state index in [0.29, 0.717) is 0 Å². The Morgan fingerprint density at radius 3 is 2.59 bits per heavy atom. The molecule has 0 spiro atoms. The molecule has 0 saturated heterocycles. The van der Waals surface area contributed by atoms with E-state index in [-0.39, 0.29) is 6.10 Å². The molecule has 1 unspecified atom stereocenters. The number of halogens is 1. The van der Waals surface area contributed by atoms with Gasteiger partial charge in [-0.15, -0.1) is 0 Å². The highest BCUT2D eigenvalue weighted by atomic mass is 79.9. The van der Waals surface area contributed by atoms with Gasteiger partial charge in [0.15, 0.2) is 0 Å². The smallest absolute Gasteiger partial charge is 0.121 e. The third-order valence-corrected chi connectivity index (χ3v) is 2.98. The number of rotatable bonds is 3. The lowest BCUT2D eigenvalue weighted by Gasteiger charge is -2.15. The summed E-state index contributed by atoms with van der Waals surface area (Å²) in [6, 6.07) is 15.6. The SMILES string of the molecule is CC(Oc1cccc(Br)c1)c1cccc(N)c1. The fraction of sp³-hybridized carbons (Fsp3) is 0.143. The van der Waals surface area contributed by atoms with Crippen molar-refractivity contribution in [2.24, 2.45) is 0 Å². The molecule has 0 aliphatic carbocycles. The quantitative estimate of drug-likeness (QED) is 0.862. The topological polar surface area (TPSA) is 35.2 Å². The van der Waals surface area contributed by atoms with E-state index >= 15 is 0 Å². The molecule has 17 heavy (non-hydrogen) atoms. The summed E-state index contributed by atoms with van der Waals surface area (Å²) in [4.78, 5) is 0. The molecule has 88 valence electrons. The molecule has 0 aliphatic rings. The first-order valence-electron chi connectivity index (χ1n) is 5.43. The largest absolute Gasteiger partial charge is 0.486 e. The summed E-state index contributed by atoms with van der Waals surface area (Å²) in [5, 5.41) is 0. The molecule has 0 fully saturated rings. The van der Waals surface area contributed by atoms with Crippen molar-refractivity contribution in [3.05, 3.63) is 58.6 Å². The molecule has 2 nitrogen and oxygen atoms in total. The first-order valence-corrected chi connectivity index (χ1v) is 6.22. The van der Waals surface area contributed by atoms with Crippen LogP contribution in [0.15, 0.2) is 53.0 Å². The zero-order valence-corrected chi connectivity index (χ0v) is 11.1. The molecular formula is C14H14BrNO. The Hall–Kier alpha value is -1.48. The summed E-state index contributed by atoms with van der Waals surface area (Å²) < 4.78 is 6.86. The van der Waals surface area contributed by atoms with Crippen LogP contribution in [0.3, 0.4) is 0 Å². The molecule has 2 rings (SSSR count). The van der Waals surface area contributed by atoms with Crippen molar-refractivity contribution in [1.29, 1.82) is 0 Å². The Morgan fingerprint density at radius 1 is 1.12 bits per heavy atom. The predicted molar refractivity (Wildman–Crippen MR) is 74.0 cm³/mol. The molecule has 0 radical (unpaired) electrons. The van der Waals surface area contributed by atoms with Crippen LogP contribution in [0.25, 0.3) is 0 Å². The highest BCUT2D eigenvalue weighted by Crippen LogP contribution is 2.25. The molecule has 0 amide bonds. The Bertz CT molecular complexity index is 513. The Labute approximate surface area is 110 Å². The van der Waals surface area contributed by atoms with Crippen molar-refractivity contribution in [2.45, 2.75) is 13.0 Å². The highest BCUT2D eigenvalue weighted by molar-refractivity contribution is 9.10. The van der Waals surface area contributed by atoms with E-state index in [4.69, 9.17) is 10.5 Å². The van der Waals surface area contributed by atoms with Gasteiger partial charge in [-0.2, -0.15) is 0 Å². The third kappa shape index (κ3) is 3.24. The van der Waals surface area contributed by atoms with Crippen LogP contribution >= 0.6 is 15.9 Å². The van der Waals surface area contributed by atoms with Crippen LogP contribution < -0.4 is 10.5 Å². The Balaban J connectivity index is 2.14. The second kappa shape index (κ2) is 5.23. The lowest BCUT2D eigenvalue weighted by molar-refractivity contribution is 0.227. The monoisotopic (exact) mass is 291 g/mol. The molecule has 0 bridgehead atoms. The fourth-order valence-electron chi connectivity index (χ4n) is 1.62. The Kier molecular flexibility index (Phi) is 3.69. The van der Waals surface area contributed by atoms with Gasteiger partial charge in [-0.25, -0.2) is 0 Å². The number of anilines is 1. The molecular weight excluding hydrogens is 278 g/mol. The van der Waals surface area contributed by atoms with Crippen molar-refractivity contribution < 1.29 is 4.74 Å². The van der Waals surface area contributed by atoms with E-state index in [1.165, 1.54) is 0 Å². The zero-order chi connectivity index (χ0) is 12.3. The van der Waals surface area contributed by atoms with E-state index in [1.807, 2.05) is 55.5 Å². The fourth-order valence-corrected chi connectivity index (χ4v) is 2.00. The van der Waals surface area contributed by atoms with Gasteiger partial charge >= 0.3 is 0 Å². The van der Waals surface area contributed by atoms with Crippen LogP contribution in [0.1, 0.15) is 18.6 Å². The molecule has 0 saturated carbocycles. The summed E-state index contributed by atoms with van der Waals surface area (Å²) in [5.41, 5.74) is 7.58. The van der Waals surface area contributed by atoms with Gasteiger partial charge in [-0.1, -0.05) is 34.1 Å². The molecule has 3 heteroatoms.